The van der Waals surface area contributed by atoms with E-state index in [9.17, 15) is 4.79 Å². The van der Waals surface area contributed by atoms with Gasteiger partial charge in [0.2, 0.25) is 5.27 Å². The lowest BCUT2D eigenvalue weighted by atomic mass is 10.5. The zero-order valence-electron chi connectivity index (χ0n) is 7.92. The van der Waals surface area contributed by atoms with E-state index in [1.54, 1.807) is 0 Å². The normalized spacial score (nSPS) is 16.4. The molecule has 1 aliphatic heterocycles. The molecule has 0 aromatic carbocycles. The summed E-state index contributed by atoms with van der Waals surface area (Å²) in [5.41, 5.74) is 0. The molecule has 1 aromatic heterocycles. The van der Waals surface area contributed by atoms with Crippen molar-refractivity contribution >= 4 is 12.0 Å². The second-order valence-corrected chi connectivity index (χ2v) is 2.98. The molecular formula is C7H11N4O4+. The Bertz CT molecular complexity index is 347. The number of anilines is 1. The Morgan fingerprint density at radius 3 is 3.00 bits per heavy atom. The molecule has 8 nitrogen and oxygen atoms in total. The Morgan fingerprint density at radius 2 is 2.33 bits per heavy atom. The number of nitrogens with zero attached hydrogens (tertiary/aromatic N) is 3. The van der Waals surface area contributed by atoms with Crippen molar-refractivity contribution in [2.45, 2.75) is 0 Å². The van der Waals surface area contributed by atoms with Crippen molar-refractivity contribution in [3.63, 3.8) is 0 Å². The van der Waals surface area contributed by atoms with Crippen LogP contribution in [0.5, 0.6) is 0 Å². The first kappa shape index (κ1) is 9.71. The number of amides is 1. The number of ether oxygens (including phenoxy) is 1. The molecule has 15 heavy (non-hydrogen) atoms. The summed E-state index contributed by atoms with van der Waals surface area (Å²) in [6.07, 6.45) is 0.291. The number of nitrogens with one attached hydrogen (secondary N) is 1. The predicted octanol–water partition coefficient (Wildman–Crippen LogP) is -0.980. The van der Waals surface area contributed by atoms with Crippen LogP contribution < -0.4 is 15.1 Å². The van der Waals surface area contributed by atoms with Crippen LogP contribution in [0.15, 0.2) is 10.7 Å². The van der Waals surface area contributed by atoms with Gasteiger partial charge in [-0.2, -0.15) is 0 Å². The molecule has 1 saturated heterocycles. The van der Waals surface area contributed by atoms with Crippen LogP contribution in [-0.2, 0) is 4.74 Å². The van der Waals surface area contributed by atoms with E-state index in [4.69, 9.17) is 14.4 Å². The van der Waals surface area contributed by atoms with Crippen molar-refractivity contribution in [2.24, 2.45) is 0 Å². The standard InChI is InChI=1S/C7H10N4O4/c12-7(13)8-6-5-11(9-15-6)10-1-3-14-4-2-10/h5H,1-4H2,(H-,8,9,12,13)/p+1. The first-order valence-corrected chi connectivity index (χ1v) is 4.47. The van der Waals surface area contributed by atoms with Gasteiger partial charge in [-0.05, 0) is 0 Å². The van der Waals surface area contributed by atoms with Gasteiger partial charge < -0.3 is 9.84 Å². The summed E-state index contributed by atoms with van der Waals surface area (Å²) < 4.78 is 9.94. The number of hydrogen-bond donors (Lipinski definition) is 2. The maximum atomic E-state index is 10.3. The van der Waals surface area contributed by atoms with E-state index in [0.29, 0.717) is 26.3 Å². The molecule has 0 radical (unpaired) electrons. The number of aromatic nitrogens is 2. The maximum absolute atomic E-state index is 10.3. The minimum Gasteiger partial charge on any atom is -0.465 e. The molecule has 0 bridgehead atoms. The largest absolute Gasteiger partial charge is 0.465 e. The SMILES string of the molecule is O=C(O)Nc1c[n+](N2CCOCC2)no1. The third-order valence-corrected chi connectivity index (χ3v) is 1.96. The zero-order valence-corrected chi connectivity index (χ0v) is 7.92. The molecule has 0 atom stereocenters. The summed E-state index contributed by atoms with van der Waals surface area (Å²) in [5.74, 6) is 0.0917. The molecule has 1 aromatic rings. The Morgan fingerprint density at radius 1 is 1.60 bits per heavy atom. The molecule has 1 fully saturated rings. The number of rotatable bonds is 2. The lowest BCUT2D eigenvalue weighted by Crippen LogP contribution is -2.62. The molecule has 2 rings (SSSR count). The Balaban J connectivity index is 2.02. The van der Waals surface area contributed by atoms with Crippen LogP contribution in [0.25, 0.3) is 0 Å². The first-order valence-electron chi connectivity index (χ1n) is 4.47. The highest BCUT2D eigenvalue weighted by molar-refractivity contribution is 5.80. The molecule has 2 heterocycles. The van der Waals surface area contributed by atoms with Crippen LogP contribution in [0.1, 0.15) is 0 Å². The lowest BCUT2D eigenvalue weighted by Gasteiger charge is -2.18. The third-order valence-electron chi connectivity index (χ3n) is 1.96. The smallest absolute Gasteiger partial charge is 0.411 e. The van der Waals surface area contributed by atoms with Gasteiger partial charge in [-0.25, -0.2) is 4.79 Å². The molecule has 1 amide bonds. The quantitative estimate of drug-likeness (QED) is 0.616. The summed E-state index contributed by atoms with van der Waals surface area (Å²) in [6, 6.07) is 0. The summed E-state index contributed by atoms with van der Waals surface area (Å²) in [4.78, 5) is 11.8. The molecule has 0 aliphatic carbocycles. The highest BCUT2D eigenvalue weighted by Gasteiger charge is 2.23. The Hall–Kier alpha value is -1.83. The van der Waals surface area contributed by atoms with Crippen molar-refractivity contribution in [1.82, 2.24) is 5.27 Å². The topological polar surface area (TPSA) is 91.7 Å². The first-order chi connectivity index (χ1) is 7.25. The van der Waals surface area contributed by atoms with E-state index in [1.807, 2.05) is 5.01 Å². The van der Waals surface area contributed by atoms with Gasteiger partial charge in [0, 0.05) is 0 Å². The average Bonchev–Trinajstić information content (AvgIpc) is 2.67. The van der Waals surface area contributed by atoms with Gasteiger partial charge in [-0.3, -0.25) is 9.84 Å². The summed E-state index contributed by atoms with van der Waals surface area (Å²) in [5, 5.41) is 16.1. The number of carbonyl (C=O) groups is 1. The third kappa shape index (κ3) is 2.34. The van der Waals surface area contributed by atoms with Crippen molar-refractivity contribution in [3.05, 3.63) is 6.20 Å². The van der Waals surface area contributed by atoms with E-state index in [2.05, 4.69) is 10.6 Å². The van der Waals surface area contributed by atoms with Crippen molar-refractivity contribution in [3.8, 4) is 0 Å². The number of morpholine rings is 1. The zero-order chi connectivity index (χ0) is 10.7. The van der Waals surface area contributed by atoms with Gasteiger partial charge in [-0.1, -0.05) is 0 Å². The minimum atomic E-state index is -1.18. The summed E-state index contributed by atoms with van der Waals surface area (Å²) in [7, 11) is 0. The van der Waals surface area contributed by atoms with Crippen LogP contribution in [0.4, 0.5) is 10.7 Å². The van der Waals surface area contributed by atoms with Crippen LogP contribution in [0.2, 0.25) is 0 Å². The highest BCUT2D eigenvalue weighted by atomic mass is 16.5. The van der Waals surface area contributed by atoms with Crippen LogP contribution in [0.3, 0.4) is 0 Å². The second-order valence-electron chi connectivity index (χ2n) is 2.98. The Kier molecular flexibility index (Phi) is 2.68. The number of hydrogen-bond acceptors (Lipinski definition) is 5. The molecular weight excluding hydrogens is 204 g/mol. The van der Waals surface area contributed by atoms with Gasteiger partial charge >= 0.3 is 12.0 Å². The van der Waals surface area contributed by atoms with E-state index in [-0.39, 0.29) is 5.88 Å². The monoisotopic (exact) mass is 215 g/mol. The minimum absolute atomic E-state index is 0.0917. The lowest BCUT2D eigenvalue weighted by molar-refractivity contribution is -0.759. The van der Waals surface area contributed by atoms with E-state index < -0.39 is 6.09 Å². The molecule has 0 spiro atoms. The van der Waals surface area contributed by atoms with E-state index >= 15 is 0 Å². The maximum Gasteiger partial charge on any atom is 0.411 e. The van der Waals surface area contributed by atoms with Gasteiger partial charge in [0.05, 0.1) is 31.1 Å². The van der Waals surface area contributed by atoms with E-state index in [0.717, 1.165) is 0 Å². The molecule has 0 unspecified atom stereocenters. The van der Waals surface area contributed by atoms with Crippen molar-refractivity contribution in [1.29, 1.82) is 0 Å². The van der Waals surface area contributed by atoms with Gasteiger partial charge in [0.15, 0.2) is 0 Å². The highest BCUT2D eigenvalue weighted by Crippen LogP contribution is 2.00. The molecule has 8 heteroatoms. The average molecular weight is 215 g/mol. The molecule has 82 valence electrons. The summed E-state index contributed by atoms with van der Waals surface area (Å²) >= 11 is 0. The number of carboxylic acid groups (broad SMARTS) is 1. The van der Waals surface area contributed by atoms with E-state index in [1.165, 1.54) is 11.0 Å². The van der Waals surface area contributed by atoms with Gasteiger partial charge in [0.25, 0.3) is 6.20 Å². The molecule has 0 saturated carbocycles. The van der Waals surface area contributed by atoms with Gasteiger partial charge in [0.1, 0.15) is 0 Å². The fourth-order valence-electron chi connectivity index (χ4n) is 1.29. The predicted molar refractivity (Wildman–Crippen MR) is 47.1 cm³/mol. The fraction of sp³-hybridized carbons (Fsp3) is 0.571. The van der Waals surface area contributed by atoms with Crippen LogP contribution in [0, 0.1) is 0 Å². The Labute approximate surface area is 85.0 Å². The fourth-order valence-corrected chi connectivity index (χ4v) is 1.29. The second kappa shape index (κ2) is 4.13. The van der Waals surface area contributed by atoms with Crippen LogP contribution in [-0.4, -0.2) is 42.8 Å². The van der Waals surface area contributed by atoms with Crippen molar-refractivity contribution < 1.29 is 24.0 Å². The summed E-state index contributed by atoms with van der Waals surface area (Å²) in [6.45, 7) is 2.65. The molecule has 1 aliphatic rings. The van der Waals surface area contributed by atoms with Crippen molar-refractivity contribution in [2.75, 3.05) is 36.6 Å². The van der Waals surface area contributed by atoms with Gasteiger partial charge in [-0.15, -0.1) is 5.01 Å². The van der Waals surface area contributed by atoms with Crippen LogP contribution >= 0.6 is 0 Å². The molecule has 2 N–H and O–H groups in total.